The van der Waals surface area contributed by atoms with Gasteiger partial charge in [0.25, 0.3) is 5.91 Å². The first kappa shape index (κ1) is 27.6. The minimum atomic E-state index is -4.98. The number of hydrogen-bond donors (Lipinski definition) is 2. The highest BCUT2D eigenvalue weighted by molar-refractivity contribution is 7.80. The number of thiocarbonyl (C=S) groups is 1. The smallest absolute Gasteiger partial charge is 0.418 e. The largest absolute Gasteiger partial charge is 0.497 e. The second-order valence-corrected chi connectivity index (χ2v) is 8.47. The fourth-order valence-electron chi connectivity index (χ4n) is 3.61. The maximum atomic E-state index is 13.4. The molecule has 202 valence electrons. The zero-order valence-electron chi connectivity index (χ0n) is 19.9. The van der Waals surface area contributed by atoms with E-state index in [2.05, 4.69) is 15.7 Å². The fraction of sp³-hybridized carbons (Fsp3) is 0.115. The summed E-state index contributed by atoms with van der Waals surface area (Å²) < 4.78 is 86.3. The van der Waals surface area contributed by atoms with Crippen LogP contribution in [0.5, 0.6) is 5.75 Å². The standard InChI is InChI=1S/C26H18F6N4O2S/c1-38-18-10-7-15(8-11-18)22-19(14-36(35-22)17-5-3-2-4-6-17)23(37)34-24(39)33-21-13-16(25(27,28)29)9-12-20(21)26(30,31)32/h2-14H,1H3,(H2,33,34,37,39). The molecule has 39 heavy (non-hydrogen) atoms. The molecule has 0 radical (unpaired) electrons. The second-order valence-electron chi connectivity index (χ2n) is 8.06. The van der Waals surface area contributed by atoms with Crippen molar-refractivity contribution in [2.75, 3.05) is 12.4 Å². The third kappa shape index (κ3) is 6.37. The molecule has 0 aliphatic rings. The highest BCUT2D eigenvalue weighted by Crippen LogP contribution is 2.39. The summed E-state index contributed by atoms with van der Waals surface area (Å²) >= 11 is 4.99. The molecule has 6 nitrogen and oxygen atoms in total. The van der Waals surface area contributed by atoms with Crippen LogP contribution in [-0.2, 0) is 12.4 Å². The molecular formula is C26H18F6N4O2S. The molecular weight excluding hydrogens is 546 g/mol. The van der Waals surface area contributed by atoms with Crippen molar-refractivity contribution >= 4 is 28.9 Å². The Morgan fingerprint density at radius 3 is 2.18 bits per heavy atom. The number of alkyl halides is 6. The van der Waals surface area contributed by atoms with Gasteiger partial charge in [-0.3, -0.25) is 10.1 Å². The number of benzene rings is 3. The molecule has 13 heteroatoms. The number of nitrogens with one attached hydrogen (secondary N) is 2. The second kappa shape index (κ2) is 10.8. The Morgan fingerprint density at radius 1 is 0.923 bits per heavy atom. The number of amides is 1. The number of ether oxygens (including phenoxy) is 1. The van der Waals surface area contributed by atoms with Gasteiger partial charge in [0.05, 0.1) is 35.2 Å². The Hall–Kier alpha value is -4.39. The van der Waals surface area contributed by atoms with Gasteiger partial charge in [0.15, 0.2) is 5.11 Å². The molecule has 3 aromatic carbocycles. The number of para-hydroxylation sites is 1. The van der Waals surface area contributed by atoms with Crippen LogP contribution in [0.2, 0.25) is 0 Å². The number of anilines is 1. The van der Waals surface area contributed by atoms with E-state index in [1.165, 1.54) is 18.0 Å². The Balaban J connectivity index is 1.66. The van der Waals surface area contributed by atoms with Gasteiger partial charge in [0.1, 0.15) is 11.4 Å². The van der Waals surface area contributed by atoms with Crippen molar-refractivity contribution < 1.29 is 35.9 Å². The first-order chi connectivity index (χ1) is 18.4. The van der Waals surface area contributed by atoms with Gasteiger partial charge in [-0.05, 0) is 66.8 Å². The van der Waals surface area contributed by atoms with E-state index in [1.54, 1.807) is 54.6 Å². The normalized spacial score (nSPS) is 11.7. The SMILES string of the molecule is COc1ccc(-c2nn(-c3ccccc3)cc2C(=O)NC(=S)Nc2cc(C(F)(F)F)ccc2C(F)(F)F)cc1. The molecule has 0 fully saturated rings. The van der Waals surface area contributed by atoms with E-state index >= 15 is 0 Å². The molecule has 1 heterocycles. The molecule has 4 rings (SSSR count). The number of rotatable bonds is 5. The van der Waals surface area contributed by atoms with Gasteiger partial charge in [-0.15, -0.1) is 0 Å². The highest BCUT2D eigenvalue weighted by Gasteiger charge is 2.37. The van der Waals surface area contributed by atoms with Crippen molar-refractivity contribution in [3.05, 3.63) is 95.7 Å². The summed E-state index contributed by atoms with van der Waals surface area (Å²) in [5.74, 6) is -0.291. The molecule has 0 spiro atoms. The molecule has 1 aromatic heterocycles. The van der Waals surface area contributed by atoms with Gasteiger partial charge in [-0.25, -0.2) is 4.68 Å². The van der Waals surface area contributed by atoms with Gasteiger partial charge in [0, 0.05) is 11.8 Å². The number of methoxy groups -OCH3 is 1. The van der Waals surface area contributed by atoms with E-state index in [4.69, 9.17) is 17.0 Å². The molecule has 0 aliphatic carbocycles. The Bertz CT molecular complexity index is 1500. The van der Waals surface area contributed by atoms with Crippen LogP contribution in [-0.4, -0.2) is 27.9 Å². The first-order valence-corrected chi connectivity index (χ1v) is 11.5. The monoisotopic (exact) mass is 564 g/mol. The summed E-state index contributed by atoms with van der Waals surface area (Å²) in [7, 11) is 1.49. The number of halogens is 6. The minimum absolute atomic E-state index is 0.00765. The summed E-state index contributed by atoms with van der Waals surface area (Å²) in [6, 6.07) is 16.3. The summed E-state index contributed by atoms with van der Waals surface area (Å²) in [6.07, 6.45) is -8.48. The predicted octanol–water partition coefficient (Wildman–Crippen LogP) is 6.71. The van der Waals surface area contributed by atoms with Crippen LogP contribution < -0.4 is 15.4 Å². The molecule has 0 unspecified atom stereocenters. The summed E-state index contributed by atoms with van der Waals surface area (Å²) in [4.78, 5) is 13.2. The molecule has 0 bridgehead atoms. The van der Waals surface area contributed by atoms with Gasteiger partial charge < -0.3 is 10.1 Å². The topological polar surface area (TPSA) is 68.2 Å². The fourth-order valence-corrected chi connectivity index (χ4v) is 3.81. The summed E-state index contributed by atoms with van der Waals surface area (Å²) in [5.41, 5.74) is -2.30. The Morgan fingerprint density at radius 2 is 1.59 bits per heavy atom. The van der Waals surface area contributed by atoms with E-state index in [-0.39, 0.29) is 17.3 Å². The number of carbonyl (C=O) groups is 1. The molecule has 1 amide bonds. The van der Waals surface area contributed by atoms with E-state index in [9.17, 15) is 31.1 Å². The van der Waals surface area contributed by atoms with Crippen LogP contribution >= 0.6 is 12.2 Å². The molecule has 0 saturated heterocycles. The quantitative estimate of drug-likeness (QED) is 0.208. The summed E-state index contributed by atoms with van der Waals surface area (Å²) in [5, 5.41) is 8.15. The van der Waals surface area contributed by atoms with Crippen molar-refractivity contribution in [2.24, 2.45) is 0 Å². The third-order valence-electron chi connectivity index (χ3n) is 5.47. The van der Waals surface area contributed by atoms with Crippen LogP contribution in [0.15, 0.2) is 79.0 Å². The van der Waals surface area contributed by atoms with E-state index in [0.717, 1.165) is 0 Å². The lowest BCUT2D eigenvalue weighted by atomic mass is 10.1. The van der Waals surface area contributed by atoms with Crippen LogP contribution in [0.1, 0.15) is 21.5 Å². The van der Waals surface area contributed by atoms with Gasteiger partial charge in [0.2, 0.25) is 0 Å². The van der Waals surface area contributed by atoms with Crippen molar-refractivity contribution in [3.8, 4) is 22.7 Å². The van der Waals surface area contributed by atoms with Crippen LogP contribution in [0.25, 0.3) is 16.9 Å². The van der Waals surface area contributed by atoms with E-state index in [1.807, 2.05) is 0 Å². The number of aromatic nitrogens is 2. The van der Waals surface area contributed by atoms with Crippen molar-refractivity contribution in [1.29, 1.82) is 0 Å². The molecule has 0 atom stereocenters. The lowest BCUT2D eigenvalue weighted by Gasteiger charge is -2.17. The van der Waals surface area contributed by atoms with Gasteiger partial charge in [-0.1, -0.05) is 18.2 Å². The molecule has 4 aromatic rings. The molecule has 0 saturated carbocycles. The Kier molecular flexibility index (Phi) is 7.63. The lowest BCUT2D eigenvalue weighted by Crippen LogP contribution is -2.35. The number of nitrogens with zero attached hydrogens (tertiary/aromatic N) is 2. The van der Waals surface area contributed by atoms with Crippen molar-refractivity contribution in [1.82, 2.24) is 15.1 Å². The van der Waals surface area contributed by atoms with E-state index < -0.39 is 40.2 Å². The maximum Gasteiger partial charge on any atom is 0.418 e. The third-order valence-corrected chi connectivity index (χ3v) is 5.67. The highest BCUT2D eigenvalue weighted by atomic mass is 32.1. The molecule has 0 aliphatic heterocycles. The molecule has 2 N–H and O–H groups in total. The average Bonchev–Trinajstić information content (AvgIpc) is 3.34. The number of carbonyl (C=O) groups excluding carboxylic acids is 1. The van der Waals surface area contributed by atoms with Gasteiger partial charge in [-0.2, -0.15) is 31.4 Å². The Labute approximate surface area is 223 Å². The predicted molar refractivity (Wildman–Crippen MR) is 136 cm³/mol. The lowest BCUT2D eigenvalue weighted by molar-refractivity contribution is -0.140. The van der Waals surface area contributed by atoms with Gasteiger partial charge >= 0.3 is 12.4 Å². The first-order valence-electron chi connectivity index (χ1n) is 11.1. The maximum absolute atomic E-state index is 13.4. The zero-order chi connectivity index (χ0) is 28.4. The zero-order valence-corrected chi connectivity index (χ0v) is 20.7. The average molecular weight is 565 g/mol. The van der Waals surface area contributed by atoms with E-state index in [0.29, 0.717) is 29.1 Å². The number of hydrogen-bond acceptors (Lipinski definition) is 4. The van der Waals surface area contributed by atoms with Crippen molar-refractivity contribution in [2.45, 2.75) is 12.4 Å². The van der Waals surface area contributed by atoms with Crippen molar-refractivity contribution in [3.63, 3.8) is 0 Å². The minimum Gasteiger partial charge on any atom is -0.497 e. The summed E-state index contributed by atoms with van der Waals surface area (Å²) in [6.45, 7) is 0. The van der Waals surface area contributed by atoms with Crippen LogP contribution in [0.3, 0.4) is 0 Å². The van der Waals surface area contributed by atoms with Crippen LogP contribution in [0.4, 0.5) is 32.0 Å². The van der Waals surface area contributed by atoms with Crippen LogP contribution in [0, 0.1) is 0 Å².